The molecule has 2 aliphatic heterocycles. The summed E-state index contributed by atoms with van der Waals surface area (Å²) in [4.78, 5) is 3.19. The van der Waals surface area contributed by atoms with E-state index in [1.165, 1.54) is 27.1 Å². The minimum absolute atomic E-state index is 0.00734. The van der Waals surface area contributed by atoms with Crippen molar-refractivity contribution in [3.8, 4) is 0 Å². The Hall–Kier alpha value is -3.45. The van der Waals surface area contributed by atoms with Crippen LogP contribution in [0, 0.1) is 5.92 Å². The number of hydrogen-bond acceptors (Lipinski definition) is 4. The molecule has 2 aromatic carbocycles. The lowest BCUT2D eigenvalue weighted by Gasteiger charge is -2.48. The van der Waals surface area contributed by atoms with Gasteiger partial charge in [0.1, 0.15) is 0 Å². The highest BCUT2D eigenvalue weighted by Gasteiger charge is 2.52. The first-order chi connectivity index (χ1) is 22.9. The van der Waals surface area contributed by atoms with E-state index in [0.29, 0.717) is 13.0 Å². The number of fused-ring (bicyclic) bond motifs is 1. The minimum atomic E-state index is -2.82. The first-order valence-electron chi connectivity index (χ1n) is 17.4. The molecule has 48 heavy (non-hydrogen) atoms. The highest BCUT2D eigenvalue weighted by molar-refractivity contribution is 6.99. The summed E-state index contributed by atoms with van der Waals surface area (Å²) < 4.78 is 21.3. The van der Waals surface area contributed by atoms with Gasteiger partial charge >= 0.3 is 0 Å². The molecule has 1 aliphatic carbocycles. The van der Waals surface area contributed by atoms with Crippen LogP contribution < -0.4 is 10.4 Å². The molecule has 0 aromatic heterocycles. The van der Waals surface area contributed by atoms with Crippen molar-refractivity contribution in [3.05, 3.63) is 129 Å². The van der Waals surface area contributed by atoms with Crippen molar-refractivity contribution in [3.63, 3.8) is 0 Å². The van der Waals surface area contributed by atoms with E-state index in [0.717, 1.165) is 30.4 Å². The molecular weight excluding hydrogens is 611 g/mol. The second-order valence-corrected chi connectivity index (χ2v) is 19.4. The van der Waals surface area contributed by atoms with E-state index in [1.807, 2.05) is 6.92 Å². The second-order valence-electron chi connectivity index (χ2n) is 15.1. The summed E-state index contributed by atoms with van der Waals surface area (Å²) in [5, 5.41) is 6.50. The van der Waals surface area contributed by atoms with Gasteiger partial charge in [0, 0.05) is 10.8 Å². The van der Waals surface area contributed by atoms with Gasteiger partial charge in [0.25, 0.3) is 8.32 Å². The molecule has 0 N–H and O–H groups in total. The van der Waals surface area contributed by atoms with Crippen molar-refractivity contribution >= 4 is 18.7 Å². The summed E-state index contributed by atoms with van der Waals surface area (Å²) in [5.41, 5.74) is 15.5. The number of benzene rings is 2. The Morgan fingerprint density at radius 1 is 1.00 bits per heavy atom. The molecule has 254 valence electrons. The zero-order valence-electron chi connectivity index (χ0n) is 30.1. The monoisotopic (exact) mass is 663 g/mol. The van der Waals surface area contributed by atoms with Crippen LogP contribution in [0.15, 0.2) is 124 Å². The summed E-state index contributed by atoms with van der Waals surface area (Å²) >= 11 is 0. The van der Waals surface area contributed by atoms with Crippen LogP contribution in [-0.4, -0.2) is 39.0 Å². The lowest BCUT2D eigenvalue weighted by atomic mass is 9.77. The van der Waals surface area contributed by atoms with Gasteiger partial charge in [-0.15, -0.1) is 0 Å². The van der Waals surface area contributed by atoms with Gasteiger partial charge in [-0.2, -0.15) is 0 Å². The zero-order valence-corrected chi connectivity index (χ0v) is 31.1. The Morgan fingerprint density at radius 3 is 2.23 bits per heavy atom. The standard InChI is InChI=1S/C41H53N3O3Si/c1-29(2)16-15-17-30(3)22-34-23-31(4)26-41(46-34)27-33(37-25-38(43-44-42)32(5)24-39(37)47-41)28-45-48(40(6,7)8,35-18-11-9-12-19-35)36-20-13-10-14-21-36/h9-14,16,18-22,24,26-27,34,37-39H,15,17,23,25,28H2,1-8H3/b30-22+/t34-,37-,38?,39-,41+/m1/s1. The van der Waals surface area contributed by atoms with Crippen LogP contribution in [-0.2, 0) is 13.9 Å². The van der Waals surface area contributed by atoms with Crippen LogP contribution in [0.4, 0.5) is 0 Å². The molecular formula is C41H53N3O3Si. The Kier molecular flexibility index (Phi) is 11.2. The molecule has 1 unspecified atom stereocenters. The molecule has 2 heterocycles. The van der Waals surface area contributed by atoms with Crippen molar-refractivity contribution in [2.45, 2.75) is 110 Å². The molecule has 0 fully saturated rings. The third-order valence-corrected chi connectivity index (χ3v) is 14.9. The normalized spacial score (nSPS) is 26.1. The Balaban J connectivity index is 1.57. The summed E-state index contributed by atoms with van der Waals surface area (Å²) in [6.45, 7) is 18.0. The van der Waals surface area contributed by atoms with E-state index >= 15 is 0 Å². The molecule has 0 saturated carbocycles. The average Bonchev–Trinajstić information content (AvgIpc) is 3.02. The van der Waals surface area contributed by atoms with E-state index in [-0.39, 0.29) is 29.2 Å². The van der Waals surface area contributed by atoms with Gasteiger partial charge in [0.15, 0.2) is 0 Å². The van der Waals surface area contributed by atoms with Gasteiger partial charge in [-0.3, -0.25) is 0 Å². The summed E-state index contributed by atoms with van der Waals surface area (Å²) in [7, 11) is -2.82. The lowest BCUT2D eigenvalue weighted by molar-refractivity contribution is -0.225. The van der Waals surface area contributed by atoms with E-state index in [2.05, 4.69) is 150 Å². The fourth-order valence-electron chi connectivity index (χ4n) is 7.69. The highest BCUT2D eigenvalue weighted by atomic mass is 28.4. The molecule has 1 spiro atoms. The largest absolute Gasteiger partial charge is 0.403 e. The van der Waals surface area contributed by atoms with Crippen LogP contribution in [0.25, 0.3) is 10.4 Å². The topological polar surface area (TPSA) is 76.5 Å². The van der Waals surface area contributed by atoms with E-state index in [4.69, 9.17) is 13.9 Å². The molecule has 2 aromatic rings. The highest BCUT2D eigenvalue weighted by Crippen LogP contribution is 2.45. The van der Waals surface area contributed by atoms with Crippen molar-refractivity contribution in [2.24, 2.45) is 11.0 Å². The average molecular weight is 664 g/mol. The molecule has 7 heteroatoms. The Bertz CT molecular complexity index is 1600. The van der Waals surface area contributed by atoms with Crippen molar-refractivity contribution in [2.75, 3.05) is 6.61 Å². The SMILES string of the molecule is CC(C)=CCC/C(C)=C/[C@@H]1CC(C)=C[C@]2(C=C(CO[Si](c3ccccc3)(c3ccccc3)C(C)(C)C)[C@H]3CC(N=[N+]=[N-])C(C)=C[C@H]3O2)O1. The van der Waals surface area contributed by atoms with Gasteiger partial charge in [-0.1, -0.05) is 127 Å². The first-order valence-corrected chi connectivity index (χ1v) is 19.3. The number of nitrogens with zero attached hydrogens (tertiary/aromatic N) is 3. The summed E-state index contributed by atoms with van der Waals surface area (Å²) in [6.07, 6.45) is 14.2. The van der Waals surface area contributed by atoms with E-state index < -0.39 is 14.1 Å². The zero-order chi connectivity index (χ0) is 34.5. The van der Waals surface area contributed by atoms with Gasteiger partial charge in [0.05, 0.1) is 24.9 Å². The maximum absolute atomic E-state index is 9.39. The number of hydrogen-bond donors (Lipinski definition) is 0. The number of azide groups is 1. The molecule has 3 aliphatic rings. The molecule has 0 radical (unpaired) electrons. The predicted octanol–water partition coefficient (Wildman–Crippen LogP) is 9.66. The van der Waals surface area contributed by atoms with Crippen LogP contribution in [0.1, 0.15) is 81.1 Å². The van der Waals surface area contributed by atoms with Crippen LogP contribution >= 0.6 is 0 Å². The third-order valence-electron chi connectivity index (χ3n) is 9.94. The van der Waals surface area contributed by atoms with E-state index in [1.54, 1.807) is 0 Å². The fourth-order valence-corrected chi connectivity index (χ4v) is 12.2. The summed E-state index contributed by atoms with van der Waals surface area (Å²) in [6, 6.07) is 21.3. The molecule has 6 nitrogen and oxygen atoms in total. The van der Waals surface area contributed by atoms with Crippen molar-refractivity contribution < 1.29 is 13.9 Å². The number of rotatable bonds is 10. The van der Waals surface area contributed by atoms with Crippen LogP contribution in [0.3, 0.4) is 0 Å². The molecule has 5 atom stereocenters. The fraction of sp³-hybridized carbons (Fsp3) is 0.463. The molecule has 0 amide bonds. The van der Waals surface area contributed by atoms with Crippen molar-refractivity contribution in [1.29, 1.82) is 0 Å². The minimum Gasteiger partial charge on any atom is -0.403 e. The quantitative estimate of drug-likeness (QED) is 0.0835. The number of allylic oxidation sites excluding steroid dienone is 3. The predicted molar refractivity (Wildman–Crippen MR) is 200 cm³/mol. The Morgan fingerprint density at radius 2 is 1.65 bits per heavy atom. The smallest absolute Gasteiger partial charge is 0.261 e. The maximum Gasteiger partial charge on any atom is 0.261 e. The van der Waals surface area contributed by atoms with Gasteiger partial charge < -0.3 is 13.9 Å². The third kappa shape index (κ3) is 7.88. The van der Waals surface area contributed by atoms with Gasteiger partial charge in [0.2, 0.25) is 5.79 Å². The maximum atomic E-state index is 9.39. The summed E-state index contributed by atoms with van der Waals surface area (Å²) in [5.74, 6) is -1.02. The van der Waals surface area contributed by atoms with Crippen molar-refractivity contribution in [1.82, 2.24) is 0 Å². The lowest BCUT2D eigenvalue weighted by Crippen LogP contribution is -2.67. The first kappa shape index (κ1) is 35.8. The van der Waals surface area contributed by atoms with Gasteiger partial charge in [-0.05, 0) is 99.0 Å². The Labute approximate surface area is 289 Å². The van der Waals surface area contributed by atoms with Crippen LogP contribution in [0.5, 0.6) is 0 Å². The molecule has 0 saturated heterocycles. The molecule has 5 rings (SSSR count). The number of ether oxygens (including phenoxy) is 2. The van der Waals surface area contributed by atoms with Gasteiger partial charge in [-0.25, -0.2) is 0 Å². The second kappa shape index (κ2) is 15.0. The van der Waals surface area contributed by atoms with Crippen LogP contribution in [0.2, 0.25) is 5.04 Å². The van der Waals surface area contributed by atoms with E-state index in [9.17, 15) is 5.53 Å². The molecule has 0 bridgehead atoms.